The van der Waals surface area contributed by atoms with Crippen LogP contribution in [0, 0.1) is 37.5 Å². The van der Waals surface area contributed by atoms with Gasteiger partial charge in [-0.2, -0.15) is 0 Å². The molecule has 1 aliphatic carbocycles. The Kier molecular flexibility index (Phi) is 17.3. The summed E-state index contributed by atoms with van der Waals surface area (Å²) in [7, 11) is 5.36. The van der Waals surface area contributed by atoms with Gasteiger partial charge in [-0.25, -0.2) is 0 Å². The van der Waals surface area contributed by atoms with Crippen LogP contribution < -0.4 is 9.47 Å². The molecular formula is C32H55NO4. The van der Waals surface area contributed by atoms with E-state index >= 15 is 0 Å². The SMILES string of the molecule is C#C.CC.CC=O.CCC1(c2c(C)ccc(OC)c2OC)CCN(CC2CC2)C(C)C1C[C@H](C)COC. The first-order valence-corrected chi connectivity index (χ1v) is 14.0. The van der Waals surface area contributed by atoms with Crippen LogP contribution in [-0.4, -0.2) is 58.3 Å². The van der Waals surface area contributed by atoms with Gasteiger partial charge in [-0.05, 0) is 88.8 Å². The van der Waals surface area contributed by atoms with Gasteiger partial charge < -0.3 is 23.9 Å². The van der Waals surface area contributed by atoms with Crippen molar-refractivity contribution in [3.63, 3.8) is 0 Å². The molecule has 1 aromatic rings. The Morgan fingerprint density at radius 2 is 1.76 bits per heavy atom. The van der Waals surface area contributed by atoms with Crippen molar-refractivity contribution in [2.45, 2.75) is 92.0 Å². The van der Waals surface area contributed by atoms with E-state index in [-0.39, 0.29) is 5.41 Å². The Morgan fingerprint density at radius 3 is 2.22 bits per heavy atom. The first kappa shape index (κ1) is 35.0. The number of benzene rings is 1. The molecule has 4 atom stereocenters. The molecule has 2 fully saturated rings. The van der Waals surface area contributed by atoms with Crippen molar-refractivity contribution < 1.29 is 19.0 Å². The third-order valence-electron chi connectivity index (χ3n) is 7.89. The second-order valence-corrected chi connectivity index (χ2v) is 10.1. The largest absolute Gasteiger partial charge is 0.493 e. The molecule has 1 aliphatic heterocycles. The van der Waals surface area contributed by atoms with Gasteiger partial charge in [0.15, 0.2) is 11.5 Å². The van der Waals surface area contributed by atoms with Crippen molar-refractivity contribution >= 4 is 6.29 Å². The molecule has 3 unspecified atom stereocenters. The first-order valence-electron chi connectivity index (χ1n) is 14.0. The number of hydrogen-bond donors (Lipinski definition) is 0. The number of aryl methyl sites for hydroxylation is 1. The Balaban J connectivity index is 0.00000169. The average Bonchev–Trinajstić information content (AvgIpc) is 3.74. The second-order valence-electron chi connectivity index (χ2n) is 10.1. The predicted molar refractivity (Wildman–Crippen MR) is 157 cm³/mol. The minimum atomic E-state index is 0.0887. The molecule has 212 valence electrons. The summed E-state index contributed by atoms with van der Waals surface area (Å²) in [4.78, 5) is 11.6. The van der Waals surface area contributed by atoms with Gasteiger partial charge >= 0.3 is 0 Å². The lowest BCUT2D eigenvalue weighted by Crippen LogP contribution is -2.56. The number of nitrogens with zero attached hydrogens (tertiary/aromatic N) is 1. The highest BCUT2D eigenvalue weighted by molar-refractivity contribution is 5.55. The van der Waals surface area contributed by atoms with Crippen molar-refractivity contribution in [2.75, 3.05) is 41.0 Å². The molecule has 0 aromatic heterocycles. The molecule has 1 aromatic carbocycles. The lowest BCUT2D eigenvalue weighted by atomic mass is 9.58. The number of likely N-dealkylation sites (tertiary alicyclic amines) is 1. The highest BCUT2D eigenvalue weighted by Gasteiger charge is 2.49. The topological polar surface area (TPSA) is 48.0 Å². The highest BCUT2D eigenvalue weighted by Crippen LogP contribution is 2.53. The van der Waals surface area contributed by atoms with Crippen molar-refractivity contribution in [2.24, 2.45) is 17.8 Å². The molecule has 0 radical (unpaired) electrons. The Morgan fingerprint density at radius 1 is 1.16 bits per heavy atom. The maximum absolute atomic E-state index is 8.81. The van der Waals surface area contributed by atoms with Crippen LogP contribution >= 0.6 is 0 Å². The van der Waals surface area contributed by atoms with Crippen molar-refractivity contribution in [3.05, 3.63) is 23.3 Å². The number of methoxy groups -OCH3 is 3. The normalized spacial score (nSPS) is 23.6. The van der Waals surface area contributed by atoms with Crippen LogP contribution in [0.25, 0.3) is 0 Å². The predicted octanol–water partition coefficient (Wildman–Crippen LogP) is 6.93. The molecule has 0 amide bonds. The average molecular weight is 518 g/mol. The fourth-order valence-corrected chi connectivity index (χ4v) is 6.12. The fraction of sp³-hybridized carbons (Fsp3) is 0.719. The number of carbonyl (C=O) groups is 1. The third kappa shape index (κ3) is 9.04. The van der Waals surface area contributed by atoms with Crippen LogP contribution in [0.2, 0.25) is 0 Å². The van der Waals surface area contributed by atoms with E-state index in [1.54, 1.807) is 14.2 Å². The summed E-state index contributed by atoms with van der Waals surface area (Å²) in [5, 5.41) is 0. The van der Waals surface area contributed by atoms with Gasteiger partial charge in [0.25, 0.3) is 0 Å². The van der Waals surface area contributed by atoms with Crippen LogP contribution in [0.4, 0.5) is 0 Å². The van der Waals surface area contributed by atoms with Gasteiger partial charge in [0.1, 0.15) is 6.29 Å². The zero-order valence-corrected chi connectivity index (χ0v) is 25.4. The summed E-state index contributed by atoms with van der Waals surface area (Å²) < 4.78 is 17.3. The van der Waals surface area contributed by atoms with Crippen molar-refractivity contribution in [3.8, 4) is 24.3 Å². The fourth-order valence-electron chi connectivity index (χ4n) is 6.12. The molecule has 5 nitrogen and oxygen atoms in total. The van der Waals surface area contributed by atoms with Gasteiger partial charge in [-0.1, -0.05) is 33.8 Å². The van der Waals surface area contributed by atoms with E-state index in [9.17, 15) is 0 Å². The van der Waals surface area contributed by atoms with E-state index in [2.05, 4.69) is 57.6 Å². The maximum Gasteiger partial charge on any atom is 0.164 e. The minimum absolute atomic E-state index is 0.0887. The third-order valence-corrected chi connectivity index (χ3v) is 7.89. The van der Waals surface area contributed by atoms with E-state index in [0.717, 1.165) is 36.7 Å². The Hall–Kier alpha value is -2.03. The second kappa shape index (κ2) is 18.3. The standard InChI is InChI=1S/C26H43NO3.C2H4O.C2H6.C2H2/c1-8-26(24-19(3)9-12-23(29-6)25(24)30-7)13-14-27(16-21-10-11-21)20(4)22(26)15-18(2)17-28-5;1-2-3;2*1-2/h9,12,18,20-22H,8,10-11,13-17H2,1-7H3;2H,1H3;1-2H3;1-2H/t18-,20?,22?,26?;;;/m0.../s1. The van der Waals surface area contributed by atoms with Gasteiger partial charge in [-0.3, -0.25) is 0 Å². The summed E-state index contributed by atoms with van der Waals surface area (Å²) in [6.07, 6.45) is 15.0. The van der Waals surface area contributed by atoms with Crippen LogP contribution in [0.15, 0.2) is 12.1 Å². The van der Waals surface area contributed by atoms with Crippen molar-refractivity contribution in [1.82, 2.24) is 4.90 Å². The number of carbonyl (C=O) groups excluding carboxylic acids is 1. The molecule has 5 heteroatoms. The van der Waals surface area contributed by atoms with Crippen LogP contribution in [0.1, 0.15) is 84.8 Å². The number of hydrogen-bond acceptors (Lipinski definition) is 5. The van der Waals surface area contributed by atoms with Crippen LogP contribution in [0.3, 0.4) is 0 Å². The lowest BCUT2D eigenvalue weighted by Gasteiger charge is -2.54. The molecule has 1 heterocycles. The van der Waals surface area contributed by atoms with E-state index in [4.69, 9.17) is 19.0 Å². The molecule has 0 bridgehead atoms. The zero-order valence-electron chi connectivity index (χ0n) is 25.4. The van der Waals surface area contributed by atoms with Crippen LogP contribution in [0.5, 0.6) is 11.5 Å². The first-order chi connectivity index (χ1) is 17.8. The van der Waals surface area contributed by atoms with Gasteiger partial charge in [0, 0.05) is 37.3 Å². The summed E-state index contributed by atoms with van der Waals surface area (Å²) in [6.45, 7) is 18.1. The summed E-state index contributed by atoms with van der Waals surface area (Å²) in [6, 6.07) is 4.81. The number of aldehydes is 1. The minimum Gasteiger partial charge on any atom is -0.493 e. The molecule has 1 saturated carbocycles. The smallest absolute Gasteiger partial charge is 0.164 e. The van der Waals surface area contributed by atoms with Gasteiger partial charge in [0.2, 0.25) is 0 Å². The van der Waals surface area contributed by atoms with Gasteiger partial charge in [0.05, 0.1) is 14.2 Å². The molecule has 37 heavy (non-hydrogen) atoms. The lowest BCUT2D eigenvalue weighted by molar-refractivity contribution is -0.106. The Bertz CT molecular complexity index is 788. The molecular weight excluding hydrogens is 462 g/mol. The molecule has 0 N–H and O–H groups in total. The van der Waals surface area contributed by atoms with E-state index < -0.39 is 0 Å². The van der Waals surface area contributed by atoms with E-state index in [1.165, 1.54) is 56.8 Å². The Labute approximate surface area is 228 Å². The summed E-state index contributed by atoms with van der Waals surface area (Å²) >= 11 is 0. The maximum atomic E-state index is 8.81. The summed E-state index contributed by atoms with van der Waals surface area (Å²) in [5.41, 5.74) is 2.78. The van der Waals surface area contributed by atoms with E-state index in [1.807, 2.05) is 21.0 Å². The number of terminal acetylenes is 1. The molecule has 0 spiro atoms. The number of piperidine rings is 1. The van der Waals surface area contributed by atoms with Crippen LogP contribution in [-0.2, 0) is 14.9 Å². The van der Waals surface area contributed by atoms with E-state index in [0.29, 0.717) is 17.9 Å². The number of ether oxygens (including phenoxy) is 3. The molecule has 3 rings (SSSR count). The molecule has 1 saturated heterocycles. The summed E-state index contributed by atoms with van der Waals surface area (Å²) in [5.74, 6) is 3.80. The molecule has 2 aliphatic rings. The van der Waals surface area contributed by atoms with Gasteiger partial charge in [-0.15, -0.1) is 12.8 Å². The highest BCUT2D eigenvalue weighted by atomic mass is 16.5. The zero-order chi connectivity index (χ0) is 28.6. The number of rotatable bonds is 10. The monoisotopic (exact) mass is 517 g/mol. The quantitative estimate of drug-likeness (QED) is 0.249. The van der Waals surface area contributed by atoms with Crippen molar-refractivity contribution in [1.29, 1.82) is 0 Å².